The summed E-state index contributed by atoms with van der Waals surface area (Å²) in [5.41, 5.74) is -0.228. The molecule has 0 radical (unpaired) electrons. The fraction of sp³-hybridized carbons (Fsp3) is 0.357. The highest BCUT2D eigenvalue weighted by Gasteiger charge is 2.23. The molecule has 0 heterocycles. The molecule has 0 aromatic heterocycles. The predicted octanol–water partition coefficient (Wildman–Crippen LogP) is 0.312. The van der Waals surface area contributed by atoms with Crippen LogP contribution in [0.5, 0.6) is 0 Å². The fourth-order valence-electron chi connectivity index (χ4n) is 1.77. The maximum Gasteiger partial charge on any atom is 0.345 e. The van der Waals surface area contributed by atoms with Crippen molar-refractivity contribution in [1.29, 1.82) is 0 Å². The Morgan fingerprint density at radius 2 is 1.87 bits per heavy atom. The van der Waals surface area contributed by atoms with Crippen LogP contribution in [0.4, 0.5) is 5.69 Å². The lowest BCUT2D eigenvalue weighted by molar-refractivity contribution is -0.385. The lowest BCUT2D eigenvalue weighted by Gasteiger charge is -2.08. The Labute approximate surface area is 132 Å². The Hall–Kier alpha value is -2.97. The van der Waals surface area contributed by atoms with Gasteiger partial charge in [0.2, 0.25) is 5.91 Å². The molecule has 0 atom stereocenters. The number of aryl methyl sites for hydroxylation is 1. The van der Waals surface area contributed by atoms with Gasteiger partial charge in [-0.2, -0.15) is 0 Å². The summed E-state index contributed by atoms with van der Waals surface area (Å²) in [7, 11) is 0. The van der Waals surface area contributed by atoms with Crippen molar-refractivity contribution < 1.29 is 24.0 Å². The molecule has 1 aromatic rings. The standard InChI is InChI=1S/C14H17N3O6/c1-9-4-3-5-11(13(9)17(21)22)14(20)23-8-12(19)16-7-6-15-10(2)18/h3-5H,6-8H2,1-2H3,(H,15,18)(H,16,19). The number of hydrogen-bond donors (Lipinski definition) is 2. The molecule has 0 aliphatic carbocycles. The van der Waals surface area contributed by atoms with E-state index < -0.39 is 23.4 Å². The molecule has 23 heavy (non-hydrogen) atoms. The first-order valence-corrected chi connectivity index (χ1v) is 6.75. The lowest BCUT2D eigenvalue weighted by Crippen LogP contribution is -2.35. The van der Waals surface area contributed by atoms with Gasteiger partial charge in [-0.25, -0.2) is 4.79 Å². The molecule has 0 fully saturated rings. The first kappa shape index (κ1) is 18.1. The van der Waals surface area contributed by atoms with Crippen molar-refractivity contribution in [1.82, 2.24) is 10.6 Å². The molecule has 0 unspecified atom stereocenters. The minimum Gasteiger partial charge on any atom is -0.452 e. The number of amides is 2. The van der Waals surface area contributed by atoms with E-state index in [0.717, 1.165) is 0 Å². The number of nitrogens with zero attached hydrogens (tertiary/aromatic N) is 1. The quantitative estimate of drug-likeness (QED) is 0.322. The van der Waals surface area contributed by atoms with Crippen molar-refractivity contribution in [2.45, 2.75) is 13.8 Å². The van der Waals surface area contributed by atoms with Crippen molar-refractivity contribution in [3.63, 3.8) is 0 Å². The van der Waals surface area contributed by atoms with E-state index in [2.05, 4.69) is 10.6 Å². The Morgan fingerprint density at radius 3 is 2.48 bits per heavy atom. The molecule has 9 heteroatoms. The van der Waals surface area contributed by atoms with Crippen LogP contribution in [0, 0.1) is 17.0 Å². The molecule has 9 nitrogen and oxygen atoms in total. The molecule has 1 rings (SSSR count). The van der Waals surface area contributed by atoms with Crippen LogP contribution in [0.1, 0.15) is 22.8 Å². The molecule has 2 N–H and O–H groups in total. The van der Waals surface area contributed by atoms with Crippen LogP contribution in [0.2, 0.25) is 0 Å². The van der Waals surface area contributed by atoms with E-state index in [1.807, 2.05) is 0 Å². The molecule has 0 saturated heterocycles. The van der Waals surface area contributed by atoms with Crippen LogP contribution in [0.25, 0.3) is 0 Å². The smallest absolute Gasteiger partial charge is 0.345 e. The Morgan fingerprint density at radius 1 is 1.22 bits per heavy atom. The van der Waals surface area contributed by atoms with E-state index in [1.165, 1.54) is 32.0 Å². The van der Waals surface area contributed by atoms with Crippen LogP contribution in [0.3, 0.4) is 0 Å². The molecule has 124 valence electrons. The van der Waals surface area contributed by atoms with Crippen LogP contribution < -0.4 is 10.6 Å². The SMILES string of the molecule is CC(=O)NCCNC(=O)COC(=O)c1cccc(C)c1[N+](=O)[O-]. The van der Waals surface area contributed by atoms with Gasteiger partial charge in [0.25, 0.3) is 11.6 Å². The Kier molecular flexibility index (Phi) is 6.66. The number of nitro benzene ring substituents is 1. The van der Waals surface area contributed by atoms with Gasteiger partial charge in [0.1, 0.15) is 5.56 Å². The first-order valence-electron chi connectivity index (χ1n) is 6.75. The third kappa shape index (κ3) is 5.73. The predicted molar refractivity (Wildman–Crippen MR) is 79.8 cm³/mol. The summed E-state index contributed by atoms with van der Waals surface area (Å²) in [5, 5.41) is 15.9. The number of ether oxygens (including phenoxy) is 1. The van der Waals surface area contributed by atoms with Gasteiger partial charge in [0.15, 0.2) is 6.61 Å². The molecule has 0 aliphatic rings. The molecule has 0 bridgehead atoms. The first-order chi connectivity index (χ1) is 10.8. The normalized spacial score (nSPS) is 9.83. The summed E-state index contributed by atoms with van der Waals surface area (Å²) in [5.74, 6) is -1.74. The van der Waals surface area contributed by atoms with Gasteiger partial charge >= 0.3 is 5.97 Å². The molecule has 0 aliphatic heterocycles. The van der Waals surface area contributed by atoms with Crippen molar-refractivity contribution in [2.75, 3.05) is 19.7 Å². The van der Waals surface area contributed by atoms with E-state index in [0.29, 0.717) is 5.56 Å². The van der Waals surface area contributed by atoms with E-state index in [4.69, 9.17) is 4.74 Å². The molecule has 2 amide bonds. The van der Waals surface area contributed by atoms with E-state index in [9.17, 15) is 24.5 Å². The molecule has 0 saturated carbocycles. The number of nitrogens with one attached hydrogen (secondary N) is 2. The number of nitro groups is 1. The number of benzene rings is 1. The zero-order valence-corrected chi connectivity index (χ0v) is 12.8. The number of rotatable bonds is 7. The minimum atomic E-state index is -0.947. The van der Waals surface area contributed by atoms with Crippen molar-refractivity contribution in [2.24, 2.45) is 0 Å². The van der Waals surface area contributed by atoms with Crippen molar-refractivity contribution >= 4 is 23.5 Å². The van der Waals surface area contributed by atoms with E-state index >= 15 is 0 Å². The minimum absolute atomic E-state index is 0.181. The lowest BCUT2D eigenvalue weighted by atomic mass is 10.1. The maximum atomic E-state index is 11.9. The number of hydrogen-bond acceptors (Lipinski definition) is 6. The Balaban J connectivity index is 2.54. The zero-order chi connectivity index (χ0) is 17.4. The number of para-hydroxylation sites is 1. The molecule has 0 spiro atoms. The number of esters is 1. The Bertz CT molecular complexity index is 629. The average molecular weight is 323 g/mol. The van der Waals surface area contributed by atoms with Crippen LogP contribution in [-0.2, 0) is 14.3 Å². The topological polar surface area (TPSA) is 128 Å². The number of carbonyl (C=O) groups is 3. The summed E-state index contributed by atoms with van der Waals surface area (Å²) in [6.45, 7) is 2.71. The summed E-state index contributed by atoms with van der Waals surface area (Å²) < 4.78 is 4.77. The molecular formula is C14H17N3O6. The summed E-state index contributed by atoms with van der Waals surface area (Å²) >= 11 is 0. The van der Waals surface area contributed by atoms with Crippen molar-refractivity contribution in [3.8, 4) is 0 Å². The average Bonchev–Trinajstić information content (AvgIpc) is 2.48. The highest BCUT2D eigenvalue weighted by Crippen LogP contribution is 2.23. The van der Waals surface area contributed by atoms with Crippen LogP contribution >= 0.6 is 0 Å². The summed E-state index contributed by atoms with van der Waals surface area (Å²) in [6, 6.07) is 4.26. The summed E-state index contributed by atoms with van der Waals surface area (Å²) in [4.78, 5) is 44.3. The fourth-order valence-corrected chi connectivity index (χ4v) is 1.77. The second-order valence-electron chi connectivity index (χ2n) is 4.64. The second kappa shape index (κ2) is 8.47. The number of carbonyl (C=O) groups excluding carboxylic acids is 3. The third-order valence-corrected chi connectivity index (χ3v) is 2.80. The highest BCUT2D eigenvalue weighted by atomic mass is 16.6. The van der Waals surface area contributed by atoms with E-state index in [1.54, 1.807) is 0 Å². The van der Waals surface area contributed by atoms with Gasteiger partial charge in [-0.1, -0.05) is 12.1 Å². The van der Waals surface area contributed by atoms with Crippen molar-refractivity contribution in [3.05, 3.63) is 39.4 Å². The third-order valence-electron chi connectivity index (χ3n) is 2.80. The monoisotopic (exact) mass is 323 g/mol. The maximum absolute atomic E-state index is 11.9. The van der Waals surface area contributed by atoms with Gasteiger partial charge in [-0.3, -0.25) is 19.7 Å². The zero-order valence-electron chi connectivity index (χ0n) is 12.8. The van der Waals surface area contributed by atoms with Gasteiger partial charge in [0.05, 0.1) is 4.92 Å². The van der Waals surface area contributed by atoms with Gasteiger partial charge in [0, 0.05) is 25.6 Å². The molecule has 1 aromatic carbocycles. The van der Waals surface area contributed by atoms with Gasteiger partial charge in [-0.15, -0.1) is 0 Å². The summed E-state index contributed by atoms with van der Waals surface area (Å²) in [6.07, 6.45) is 0. The second-order valence-corrected chi connectivity index (χ2v) is 4.64. The molecular weight excluding hydrogens is 306 g/mol. The van der Waals surface area contributed by atoms with Crippen LogP contribution in [0.15, 0.2) is 18.2 Å². The van der Waals surface area contributed by atoms with Crippen LogP contribution in [-0.4, -0.2) is 42.4 Å². The van der Waals surface area contributed by atoms with Gasteiger partial charge < -0.3 is 15.4 Å². The van der Waals surface area contributed by atoms with Gasteiger partial charge in [-0.05, 0) is 13.0 Å². The largest absolute Gasteiger partial charge is 0.452 e. The highest BCUT2D eigenvalue weighted by molar-refractivity contribution is 5.95. The van der Waals surface area contributed by atoms with E-state index in [-0.39, 0.29) is 30.2 Å².